The van der Waals surface area contributed by atoms with Crippen molar-refractivity contribution in [3.8, 4) is 6.07 Å². The molecule has 0 unspecified atom stereocenters. The molecular weight excluding hydrogens is 420 g/mol. The Morgan fingerprint density at radius 3 is 3.17 bits per heavy atom. The summed E-state index contributed by atoms with van der Waals surface area (Å²) in [6, 6.07) is 3.88. The van der Waals surface area contributed by atoms with Gasteiger partial charge in [-0.1, -0.05) is 0 Å². The van der Waals surface area contributed by atoms with Gasteiger partial charge in [-0.25, -0.2) is 9.67 Å². The third-order valence-electron chi connectivity index (χ3n) is 4.94. The Kier molecular flexibility index (Phi) is 6.20. The van der Waals surface area contributed by atoms with Crippen LogP contribution in [-0.4, -0.2) is 31.4 Å². The second kappa shape index (κ2) is 9.02. The molecule has 8 nitrogen and oxygen atoms in total. The molecule has 0 aliphatic heterocycles. The first-order valence-corrected chi connectivity index (χ1v) is 11.8. The summed E-state index contributed by atoms with van der Waals surface area (Å²) in [7, 11) is 0. The molecule has 3 heterocycles. The molecule has 156 valence electrons. The van der Waals surface area contributed by atoms with Gasteiger partial charge in [0, 0.05) is 23.1 Å². The second-order valence-electron chi connectivity index (χ2n) is 7.20. The molecule has 2 N–H and O–H groups in total. The highest BCUT2D eigenvalue weighted by molar-refractivity contribution is 7.98. The Hall–Kier alpha value is -2.64. The number of nitrogens with one attached hydrogen (secondary N) is 2. The first-order chi connectivity index (χ1) is 14.5. The van der Waals surface area contributed by atoms with Crippen LogP contribution in [-0.2, 0) is 29.9 Å². The van der Waals surface area contributed by atoms with Gasteiger partial charge in [-0.2, -0.15) is 22.1 Å². The third-order valence-corrected chi connectivity index (χ3v) is 7.10. The number of aromatic nitrogens is 4. The van der Waals surface area contributed by atoms with Crippen molar-refractivity contribution in [1.82, 2.24) is 19.7 Å². The monoisotopic (exact) mass is 442 g/mol. The summed E-state index contributed by atoms with van der Waals surface area (Å²) < 4.78 is 1.64. The average molecular weight is 443 g/mol. The van der Waals surface area contributed by atoms with E-state index in [1.165, 1.54) is 10.4 Å². The summed E-state index contributed by atoms with van der Waals surface area (Å²) in [5.41, 5.74) is 1.93. The zero-order valence-electron chi connectivity index (χ0n) is 16.7. The number of aryl methyl sites for hydroxylation is 4. The quantitative estimate of drug-likeness (QED) is 0.518. The van der Waals surface area contributed by atoms with Crippen molar-refractivity contribution >= 4 is 45.0 Å². The van der Waals surface area contributed by atoms with Gasteiger partial charge >= 0.3 is 0 Å². The number of rotatable bonds is 8. The van der Waals surface area contributed by atoms with Crippen molar-refractivity contribution in [2.24, 2.45) is 0 Å². The van der Waals surface area contributed by atoms with E-state index in [0.717, 1.165) is 35.2 Å². The summed E-state index contributed by atoms with van der Waals surface area (Å²) in [5.74, 6) is 2.33. The highest BCUT2D eigenvalue weighted by atomic mass is 32.2. The Morgan fingerprint density at radius 2 is 2.33 bits per heavy atom. The van der Waals surface area contributed by atoms with Gasteiger partial charge in [0.1, 0.15) is 16.5 Å². The van der Waals surface area contributed by atoms with Crippen molar-refractivity contribution in [3.63, 3.8) is 0 Å². The van der Waals surface area contributed by atoms with Gasteiger partial charge in [0.2, 0.25) is 5.91 Å². The lowest BCUT2D eigenvalue weighted by molar-refractivity contribution is -0.115. The van der Waals surface area contributed by atoms with Crippen LogP contribution < -0.4 is 10.9 Å². The van der Waals surface area contributed by atoms with E-state index in [1.807, 2.05) is 6.92 Å². The lowest BCUT2D eigenvalue weighted by Gasteiger charge is -2.07. The van der Waals surface area contributed by atoms with Gasteiger partial charge in [-0.3, -0.25) is 9.59 Å². The van der Waals surface area contributed by atoms with E-state index in [-0.39, 0.29) is 11.5 Å². The maximum atomic E-state index is 12.5. The number of hydrogen-bond donors (Lipinski definition) is 2. The largest absolute Gasteiger partial charge is 0.311 e. The molecule has 1 amide bonds. The zero-order chi connectivity index (χ0) is 21.1. The van der Waals surface area contributed by atoms with Crippen LogP contribution in [0.4, 0.5) is 5.82 Å². The van der Waals surface area contributed by atoms with E-state index in [1.54, 1.807) is 33.8 Å². The van der Waals surface area contributed by atoms with Crippen LogP contribution in [0.25, 0.3) is 10.2 Å². The van der Waals surface area contributed by atoms with Gasteiger partial charge in [0.15, 0.2) is 0 Å². The van der Waals surface area contributed by atoms with Crippen LogP contribution in [0.15, 0.2) is 10.9 Å². The fraction of sp³-hybridized carbons (Fsp3) is 0.450. The summed E-state index contributed by atoms with van der Waals surface area (Å²) >= 11 is 3.20. The summed E-state index contributed by atoms with van der Waals surface area (Å²) in [6.45, 7) is 2.30. The normalized spacial score (nSPS) is 12.8. The van der Waals surface area contributed by atoms with E-state index >= 15 is 0 Å². The van der Waals surface area contributed by atoms with E-state index in [9.17, 15) is 9.59 Å². The van der Waals surface area contributed by atoms with Crippen LogP contribution >= 0.6 is 23.1 Å². The highest BCUT2D eigenvalue weighted by Gasteiger charge is 2.21. The summed E-state index contributed by atoms with van der Waals surface area (Å²) in [6.07, 6.45) is 3.81. The fourth-order valence-corrected chi connectivity index (χ4v) is 5.71. The van der Waals surface area contributed by atoms with E-state index in [4.69, 9.17) is 5.26 Å². The molecule has 0 atom stereocenters. The molecular formula is C20H22N6O2S2. The predicted molar refractivity (Wildman–Crippen MR) is 119 cm³/mol. The zero-order valence-corrected chi connectivity index (χ0v) is 18.3. The first kappa shape index (κ1) is 20.6. The number of fused-ring (bicyclic) bond motifs is 3. The molecule has 3 aromatic rings. The number of amides is 1. The van der Waals surface area contributed by atoms with Crippen LogP contribution in [0, 0.1) is 18.3 Å². The molecule has 1 aliphatic rings. The van der Waals surface area contributed by atoms with Crippen LogP contribution in [0.1, 0.15) is 41.2 Å². The van der Waals surface area contributed by atoms with Crippen LogP contribution in [0.5, 0.6) is 0 Å². The standard InChI is InChI=1S/C20H22N6O2S2/c1-12-10-16(26(25-12)8-3-7-21)24-17(27)6-9-29-11-15-22-19(28)18-13-4-2-5-14(13)30-20(18)23-15/h10H,2-6,8-9,11H2,1H3,(H,24,27)(H,22,23,28). The lowest BCUT2D eigenvalue weighted by atomic mass is 10.2. The minimum Gasteiger partial charge on any atom is -0.311 e. The van der Waals surface area contributed by atoms with Crippen LogP contribution in [0.3, 0.4) is 0 Å². The van der Waals surface area contributed by atoms with Gasteiger partial charge in [0.05, 0.1) is 35.9 Å². The summed E-state index contributed by atoms with van der Waals surface area (Å²) in [4.78, 5) is 34.4. The molecule has 1 aliphatic carbocycles. The number of anilines is 1. The first-order valence-electron chi connectivity index (χ1n) is 9.87. The maximum Gasteiger partial charge on any atom is 0.259 e. The number of nitriles is 1. The molecule has 0 radical (unpaired) electrons. The Morgan fingerprint density at radius 1 is 1.47 bits per heavy atom. The minimum absolute atomic E-state index is 0.0475. The average Bonchev–Trinajstić information content (AvgIpc) is 3.37. The van der Waals surface area contributed by atoms with Crippen molar-refractivity contribution in [2.75, 3.05) is 11.1 Å². The summed E-state index contributed by atoms with van der Waals surface area (Å²) in [5, 5.41) is 16.7. The molecule has 10 heteroatoms. The smallest absolute Gasteiger partial charge is 0.259 e. The number of nitrogens with zero attached hydrogens (tertiary/aromatic N) is 4. The topological polar surface area (TPSA) is 116 Å². The number of carbonyl (C=O) groups excluding carboxylic acids is 1. The van der Waals surface area contributed by atoms with E-state index in [2.05, 4.69) is 26.5 Å². The van der Waals surface area contributed by atoms with Crippen LogP contribution in [0.2, 0.25) is 0 Å². The van der Waals surface area contributed by atoms with Crippen molar-refractivity contribution < 1.29 is 4.79 Å². The number of thiophene rings is 1. The molecule has 0 spiro atoms. The van der Waals surface area contributed by atoms with Gasteiger partial charge in [0.25, 0.3) is 5.56 Å². The number of thioether (sulfide) groups is 1. The van der Waals surface area contributed by atoms with E-state index in [0.29, 0.717) is 42.5 Å². The van der Waals surface area contributed by atoms with Crippen molar-refractivity contribution in [3.05, 3.63) is 38.4 Å². The molecule has 0 saturated heterocycles. The Balaban J connectivity index is 1.30. The molecule has 0 saturated carbocycles. The Bertz CT molecular complexity index is 1190. The van der Waals surface area contributed by atoms with Crippen molar-refractivity contribution in [1.29, 1.82) is 5.26 Å². The number of H-pyrrole nitrogens is 1. The molecule has 0 bridgehead atoms. The molecule has 4 rings (SSSR count). The molecule has 0 fully saturated rings. The molecule has 0 aromatic carbocycles. The molecule has 3 aromatic heterocycles. The lowest BCUT2D eigenvalue weighted by Crippen LogP contribution is -2.16. The Labute approximate surface area is 181 Å². The second-order valence-corrected chi connectivity index (χ2v) is 9.39. The third kappa shape index (κ3) is 4.42. The number of aromatic amines is 1. The van der Waals surface area contributed by atoms with Gasteiger partial charge in [-0.05, 0) is 31.7 Å². The fourth-order valence-electron chi connectivity index (χ4n) is 3.63. The predicted octanol–water partition coefficient (Wildman–Crippen LogP) is 3.15. The van der Waals surface area contributed by atoms with Gasteiger partial charge < -0.3 is 10.3 Å². The highest BCUT2D eigenvalue weighted by Crippen LogP contribution is 2.34. The SMILES string of the molecule is Cc1cc(NC(=O)CCSCc2nc3sc4c(c3c(=O)[nH]2)CCC4)n(CCC#N)n1. The van der Waals surface area contributed by atoms with Gasteiger partial charge in [-0.15, -0.1) is 11.3 Å². The maximum absolute atomic E-state index is 12.5. The number of carbonyl (C=O) groups is 1. The minimum atomic E-state index is -0.104. The van der Waals surface area contributed by atoms with Crippen molar-refractivity contribution in [2.45, 2.75) is 51.3 Å². The van der Waals surface area contributed by atoms with E-state index < -0.39 is 0 Å². The molecule has 30 heavy (non-hydrogen) atoms. The number of hydrogen-bond acceptors (Lipinski definition) is 7.